The molecular formula is C13H5BrCl2F4O. The average molecular weight is 404 g/mol. The first-order valence-electron chi connectivity index (χ1n) is 5.37. The van der Waals surface area contributed by atoms with Gasteiger partial charge in [-0.15, -0.1) is 0 Å². The normalized spacial score (nSPS) is 11.6. The summed E-state index contributed by atoms with van der Waals surface area (Å²) in [6, 6.07) is 5.30. The highest BCUT2D eigenvalue weighted by Crippen LogP contribution is 2.43. The van der Waals surface area contributed by atoms with E-state index >= 15 is 0 Å². The topological polar surface area (TPSA) is 9.23 Å². The zero-order valence-corrected chi connectivity index (χ0v) is 13.0. The molecule has 0 aliphatic carbocycles. The molecule has 0 atom stereocenters. The molecule has 0 bridgehead atoms. The lowest BCUT2D eigenvalue weighted by Crippen LogP contribution is -2.06. The van der Waals surface area contributed by atoms with Crippen LogP contribution in [0, 0.1) is 5.82 Å². The Balaban J connectivity index is 2.40. The minimum atomic E-state index is -4.58. The predicted molar refractivity (Wildman–Crippen MR) is 75.6 cm³/mol. The molecule has 0 aliphatic heterocycles. The summed E-state index contributed by atoms with van der Waals surface area (Å²) in [5.74, 6) is -0.585. The summed E-state index contributed by atoms with van der Waals surface area (Å²) >= 11 is 14.3. The molecule has 112 valence electrons. The largest absolute Gasteiger partial charge is 0.456 e. The lowest BCUT2D eigenvalue weighted by atomic mass is 10.2. The molecule has 0 amide bonds. The zero-order valence-electron chi connectivity index (χ0n) is 9.94. The second-order valence-electron chi connectivity index (χ2n) is 3.94. The van der Waals surface area contributed by atoms with E-state index in [1.165, 1.54) is 6.07 Å². The van der Waals surface area contributed by atoms with Crippen molar-refractivity contribution in [1.82, 2.24) is 0 Å². The lowest BCUT2D eigenvalue weighted by molar-refractivity contribution is -0.137. The molecule has 0 aliphatic rings. The van der Waals surface area contributed by atoms with Crippen molar-refractivity contribution in [2.45, 2.75) is 6.18 Å². The Morgan fingerprint density at radius 2 is 1.71 bits per heavy atom. The van der Waals surface area contributed by atoms with Gasteiger partial charge in [-0.3, -0.25) is 0 Å². The second-order valence-corrected chi connectivity index (χ2v) is 5.55. The van der Waals surface area contributed by atoms with E-state index in [2.05, 4.69) is 15.9 Å². The van der Waals surface area contributed by atoms with Gasteiger partial charge in [0.1, 0.15) is 17.3 Å². The third kappa shape index (κ3) is 3.81. The van der Waals surface area contributed by atoms with Crippen LogP contribution in [-0.2, 0) is 6.18 Å². The van der Waals surface area contributed by atoms with Crippen LogP contribution >= 0.6 is 39.1 Å². The molecule has 0 unspecified atom stereocenters. The van der Waals surface area contributed by atoms with Crippen LogP contribution in [0.5, 0.6) is 11.5 Å². The molecule has 0 N–H and O–H groups in total. The maximum absolute atomic E-state index is 13.2. The van der Waals surface area contributed by atoms with Crippen molar-refractivity contribution in [2.24, 2.45) is 0 Å². The molecule has 2 aromatic carbocycles. The van der Waals surface area contributed by atoms with Crippen LogP contribution in [0.1, 0.15) is 5.56 Å². The Morgan fingerprint density at radius 3 is 2.29 bits per heavy atom. The molecular weight excluding hydrogens is 399 g/mol. The molecule has 0 heterocycles. The van der Waals surface area contributed by atoms with Gasteiger partial charge in [-0.1, -0.05) is 23.2 Å². The van der Waals surface area contributed by atoms with Crippen molar-refractivity contribution in [3.8, 4) is 11.5 Å². The maximum Gasteiger partial charge on any atom is 0.417 e. The molecule has 0 fully saturated rings. The van der Waals surface area contributed by atoms with Crippen molar-refractivity contribution < 1.29 is 22.3 Å². The summed E-state index contributed by atoms with van der Waals surface area (Å²) < 4.78 is 56.4. The van der Waals surface area contributed by atoms with Crippen molar-refractivity contribution in [3.05, 3.63) is 56.2 Å². The maximum atomic E-state index is 13.2. The zero-order chi connectivity index (χ0) is 15.8. The van der Waals surface area contributed by atoms with Gasteiger partial charge < -0.3 is 4.74 Å². The van der Waals surface area contributed by atoms with E-state index < -0.39 is 22.6 Å². The van der Waals surface area contributed by atoms with Crippen molar-refractivity contribution in [3.63, 3.8) is 0 Å². The number of hydrogen-bond donors (Lipinski definition) is 0. The highest BCUT2D eigenvalue weighted by atomic mass is 79.9. The Morgan fingerprint density at radius 1 is 1.05 bits per heavy atom. The second kappa shape index (κ2) is 6.02. The van der Waals surface area contributed by atoms with Gasteiger partial charge in [-0.25, -0.2) is 4.39 Å². The van der Waals surface area contributed by atoms with Crippen LogP contribution in [0.2, 0.25) is 10.0 Å². The Labute approximate surface area is 135 Å². The smallest absolute Gasteiger partial charge is 0.417 e. The average Bonchev–Trinajstić information content (AvgIpc) is 2.32. The number of rotatable bonds is 2. The van der Waals surface area contributed by atoms with Crippen LogP contribution in [0.25, 0.3) is 0 Å². The molecule has 0 saturated carbocycles. The van der Waals surface area contributed by atoms with E-state index in [4.69, 9.17) is 27.9 Å². The molecule has 0 radical (unpaired) electrons. The van der Waals surface area contributed by atoms with Gasteiger partial charge in [0, 0.05) is 11.1 Å². The van der Waals surface area contributed by atoms with Gasteiger partial charge in [0.15, 0.2) is 0 Å². The summed E-state index contributed by atoms with van der Waals surface area (Å²) in [4.78, 5) is 0. The van der Waals surface area contributed by atoms with E-state index in [0.29, 0.717) is 0 Å². The first kappa shape index (κ1) is 16.4. The number of benzene rings is 2. The quantitative estimate of drug-likeness (QED) is 0.506. The van der Waals surface area contributed by atoms with E-state index in [0.717, 1.165) is 24.3 Å². The molecule has 8 heteroatoms. The third-order valence-electron chi connectivity index (χ3n) is 2.42. The monoisotopic (exact) mass is 402 g/mol. The van der Waals surface area contributed by atoms with Crippen molar-refractivity contribution in [2.75, 3.05) is 0 Å². The summed E-state index contributed by atoms with van der Waals surface area (Å²) in [5.41, 5.74) is -0.999. The molecule has 0 saturated heterocycles. The van der Waals surface area contributed by atoms with E-state index in [1.54, 1.807) is 0 Å². The number of ether oxygens (including phenoxy) is 1. The third-order valence-corrected chi connectivity index (χ3v) is 4.04. The standard InChI is InChI=1S/C13H5BrCl2F4O/c14-11-10(2-1-9(12(11)16)13(18,19)20)21-8-4-6(15)3-7(17)5-8/h1-5H. The van der Waals surface area contributed by atoms with Crippen molar-refractivity contribution in [1.29, 1.82) is 0 Å². The fourth-order valence-electron chi connectivity index (χ4n) is 1.54. The van der Waals surface area contributed by atoms with Gasteiger partial charge >= 0.3 is 6.18 Å². The Hall–Kier alpha value is -0.980. The fourth-order valence-corrected chi connectivity index (χ4v) is 2.45. The van der Waals surface area contributed by atoms with Crippen molar-refractivity contribution >= 4 is 39.1 Å². The van der Waals surface area contributed by atoms with Crippen LogP contribution in [0.4, 0.5) is 17.6 Å². The molecule has 2 rings (SSSR count). The summed E-state index contributed by atoms with van der Waals surface area (Å²) in [6.07, 6.45) is -4.58. The van der Waals surface area contributed by atoms with E-state index in [9.17, 15) is 17.6 Å². The summed E-state index contributed by atoms with van der Waals surface area (Å²) in [6.45, 7) is 0. The lowest BCUT2D eigenvalue weighted by Gasteiger charge is -2.14. The van der Waals surface area contributed by atoms with Crippen LogP contribution in [0.3, 0.4) is 0 Å². The summed E-state index contributed by atoms with van der Waals surface area (Å²) in [5, 5.41) is -0.443. The molecule has 21 heavy (non-hydrogen) atoms. The van der Waals surface area contributed by atoms with Gasteiger partial charge in [0.25, 0.3) is 0 Å². The highest BCUT2D eigenvalue weighted by molar-refractivity contribution is 9.10. The predicted octanol–water partition coefficient (Wildman–Crippen LogP) is 6.71. The number of halogens is 7. The summed E-state index contributed by atoms with van der Waals surface area (Å²) in [7, 11) is 0. The molecule has 2 aromatic rings. The van der Waals surface area contributed by atoms with Gasteiger partial charge in [-0.2, -0.15) is 13.2 Å². The Bertz CT molecular complexity index is 668. The first-order chi connectivity index (χ1) is 9.68. The number of hydrogen-bond acceptors (Lipinski definition) is 1. The Kier molecular flexibility index (Phi) is 4.70. The van der Waals surface area contributed by atoms with Gasteiger partial charge in [0.05, 0.1) is 15.1 Å². The van der Waals surface area contributed by atoms with Crippen LogP contribution in [0.15, 0.2) is 34.8 Å². The minimum Gasteiger partial charge on any atom is -0.456 e. The molecule has 1 nitrogen and oxygen atoms in total. The van der Waals surface area contributed by atoms with Crippen LogP contribution < -0.4 is 4.74 Å². The molecule has 0 aromatic heterocycles. The molecule has 0 spiro atoms. The van der Waals surface area contributed by atoms with E-state index in [1.807, 2.05) is 0 Å². The highest BCUT2D eigenvalue weighted by Gasteiger charge is 2.34. The number of alkyl halides is 3. The minimum absolute atomic E-state index is 0.00895. The van der Waals surface area contributed by atoms with Gasteiger partial charge in [-0.05, 0) is 40.2 Å². The van der Waals surface area contributed by atoms with Gasteiger partial charge in [0.2, 0.25) is 0 Å². The van der Waals surface area contributed by atoms with Crippen LogP contribution in [-0.4, -0.2) is 0 Å². The fraction of sp³-hybridized carbons (Fsp3) is 0.0769. The SMILES string of the molecule is Fc1cc(Cl)cc(Oc2ccc(C(F)(F)F)c(Cl)c2Br)c1. The first-order valence-corrected chi connectivity index (χ1v) is 6.92. The van der Waals surface area contributed by atoms with E-state index in [-0.39, 0.29) is 21.0 Å².